The lowest BCUT2D eigenvalue weighted by molar-refractivity contribution is -0.129. The SMILES string of the molecule is Cc1ccc(CNC(=O)c2ccccc2NCC(=O)N2CCCCCC2)cc1. The van der Waals surface area contributed by atoms with Gasteiger partial charge in [0.15, 0.2) is 0 Å². The van der Waals surface area contributed by atoms with Gasteiger partial charge in [-0.2, -0.15) is 0 Å². The zero-order valence-electron chi connectivity index (χ0n) is 16.5. The van der Waals surface area contributed by atoms with Crippen LogP contribution in [0.25, 0.3) is 0 Å². The Kier molecular flexibility index (Phi) is 7.06. The zero-order valence-corrected chi connectivity index (χ0v) is 16.5. The monoisotopic (exact) mass is 379 g/mol. The number of amides is 2. The van der Waals surface area contributed by atoms with Crippen molar-refractivity contribution in [2.24, 2.45) is 0 Å². The molecule has 2 amide bonds. The third kappa shape index (κ3) is 5.59. The van der Waals surface area contributed by atoms with Crippen molar-refractivity contribution in [3.05, 3.63) is 65.2 Å². The van der Waals surface area contributed by atoms with E-state index in [1.54, 1.807) is 6.07 Å². The molecule has 1 aliphatic rings. The van der Waals surface area contributed by atoms with E-state index < -0.39 is 0 Å². The standard InChI is InChI=1S/C23H29N3O2/c1-18-10-12-19(13-11-18)16-25-23(28)20-8-4-5-9-21(20)24-17-22(27)26-14-6-2-3-7-15-26/h4-5,8-13,24H,2-3,6-7,14-17H2,1H3,(H,25,28). The Hall–Kier alpha value is -2.82. The second-order valence-electron chi connectivity index (χ2n) is 7.36. The van der Waals surface area contributed by atoms with Gasteiger partial charge in [0.2, 0.25) is 5.91 Å². The second-order valence-corrected chi connectivity index (χ2v) is 7.36. The zero-order chi connectivity index (χ0) is 19.8. The number of para-hydroxylation sites is 1. The molecule has 28 heavy (non-hydrogen) atoms. The molecule has 0 spiro atoms. The summed E-state index contributed by atoms with van der Waals surface area (Å²) in [6.45, 7) is 4.39. The van der Waals surface area contributed by atoms with Gasteiger partial charge in [0.25, 0.3) is 5.91 Å². The van der Waals surface area contributed by atoms with Crippen LogP contribution in [0.4, 0.5) is 5.69 Å². The van der Waals surface area contributed by atoms with Crippen molar-refractivity contribution in [3.63, 3.8) is 0 Å². The van der Waals surface area contributed by atoms with Crippen LogP contribution in [0.15, 0.2) is 48.5 Å². The molecule has 148 valence electrons. The minimum Gasteiger partial charge on any atom is -0.376 e. The second kappa shape index (κ2) is 9.93. The number of nitrogens with one attached hydrogen (secondary N) is 2. The summed E-state index contributed by atoms with van der Waals surface area (Å²) >= 11 is 0. The smallest absolute Gasteiger partial charge is 0.253 e. The Morgan fingerprint density at radius 3 is 2.32 bits per heavy atom. The molecule has 3 rings (SSSR count). The minimum absolute atomic E-state index is 0.0942. The summed E-state index contributed by atoms with van der Waals surface area (Å²) in [6.07, 6.45) is 4.54. The number of benzene rings is 2. The lowest BCUT2D eigenvalue weighted by Crippen LogP contribution is -2.36. The first-order valence-electron chi connectivity index (χ1n) is 10.1. The number of rotatable bonds is 6. The number of carbonyl (C=O) groups excluding carboxylic acids is 2. The summed E-state index contributed by atoms with van der Waals surface area (Å²) in [5.74, 6) is -0.0531. The Morgan fingerprint density at radius 2 is 1.61 bits per heavy atom. The van der Waals surface area contributed by atoms with E-state index in [1.165, 1.54) is 18.4 Å². The van der Waals surface area contributed by atoms with Crippen LogP contribution >= 0.6 is 0 Å². The summed E-state index contributed by atoms with van der Waals surface area (Å²) < 4.78 is 0. The minimum atomic E-state index is -0.147. The van der Waals surface area contributed by atoms with Gasteiger partial charge in [0.05, 0.1) is 12.1 Å². The maximum atomic E-state index is 12.7. The van der Waals surface area contributed by atoms with Gasteiger partial charge in [-0.05, 0) is 37.5 Å². The predicted octanol–water partition coefficient (Wildman–Crippen LogP) is 3.74. The first-order chi connectivity index (χ1) is 13.6. The summed E-state index contributed by atoms with van der Waals surface area (Å²) in [4.78, 5) is 27.1. The molecule has 0 saturated carbocycles. The topological polar surface area (TPSA) is 61.4 Å². The molecule has 5 nitrogen and oxygen atoms in total. The van der Waals surface area contributed by atoms with Gasteiger partial charge in [0, 0.05) is 25.3 Å². The molecular formula is C23H29N3O2. The van der Waals surface area contributed by atoms with Crippen LogP contribution < -0.4 is 10.6 Å². The maximum Gasteiger partial charge on any atom is 0.253 e. The Bertz CT molecular complexity index is 794. The average molecular weight is 380 g/mol. The van der Waals surface area contributed by atoms with E-state index in [-0.39, 0.29) is 18.4 Å². The summed E-state index contributed by atoms with van der Waals surface area (Å²) in [7, 11) is 0. The highest BCUT2D eigenvalue weighted by molar-refractivity contribution is 6.00. The normalized spacial score (nSPS) is 14.2. The Labute approximate surface area is 167 Å². The van der Waals surface area contributed by atoms with Crippen LogP contribution in [0.5, 0.6) is 0 Å². The first-order valence-corrected chi connectivity index (χ1v) is 10.1. The number of nitrogens with zero attached hydrogens (tertiary/aromatic N) is 1. The van der Waals surface area contributed by atoms with E-state index in [9.17, 15) is 9.59 Å². The molecular weight excluding hydrogens is 350 g/mol. The first kappa shape index (κ1) is 19.9. The van der Waals surface area contributed by atoms with Crippen LogP contribution in [0.2, 0.25) is 0 Å². The molecule has 1 heterocycles. The molecule has 0 unspecified atom stereocenters. The molecule has 1 aliphatic heterocycles. The number of likely N-dealkylation sites (tertiary alicyclic amines) is 1. The van der Waals surface area contributed by atoms with E-state index in [1.807, 2.05) is 54.3 Å². The molecule has 1 saturated heterocycles. The highest BCUT2D eigenvalue weighted by atomic mass is 16.2. The number of anilines is 1. The third-order valence-electron chi connectivity index (χ3n) is 5.13. The van der Waals surface area contributed by atoms with E-state index in [0.29, 0.717) is 17.8 Å². The van der Waals surface area contributed by atoms with Gasteiger partial charge < -0.3 is 15.5 Å². The number of hydrogen-bond donors (Lipinski definition) is 2. The van der Waals surface area contributed by atoms with Crippen molar-refractivity contribution in [1.29, 1.82) is 0 Å². The molecule has 1 fully saturated rings. The molecule has 2 aromatic carbocycles. The summed E-state index contributed by atoms with van der Waals surface area (Å²) in [5, 5.41) is 6.13. The van der Waals surface area contributed by atoms with Crippen molar-refractivity contribution < 1.29 is 9.59 Å². The van der Waals surface area contributed by atoms with Gasteiger partial charge in [-0.15, -0.1) is 0 Å². The molecule has 2 N–H and O–H groups in total. The van der Waals surface area contributed by atoms with E-state index in [4.69, 9.17) is 0 Å². The van der Waals surface area contributed by atoms with Gasteiger partial charge in [-0.1, -0.05) is 54.8 Å². The number of hydrogen-bond acceptors (Lipinski definition) is 3. The van der Waals surface area contributed by atoms with Crippen LogP contribution in [-0.2, 0) is 11.3 Å². The van der Waals surface area contributed by atoms with Crippen molar-refractivity contribution in [2.45, 2.75) is 39.2 Å². The Morgan fingerprint density at radius 1 is 0.929 bits per heavy atom. The number of aryl methyl sites for hydroxylation is 1. The third-order valence-corrected chi connectivity index (χ3v) is 5.13. The van der Waals surface area contributed by atoms with E-state index in [0.717, 1.165) is 31.5 Å². The highest BCUT2D eigenvalue weighted by Gasteiger charge is 2.16. The molecule has 5 heteroatoms. The highest BCUT2D eigenvalue weighted by Crippen LogP contribution is 2.16. The van der Waals surface area contributed by atoms with E-state index >= 15 is 0 Å². The summed E-state index contributed by atoms with van der Waals surface area (Å²) in [5.41, 5.74) is 3.49. The van der Waals surface area contributed by atoms with Crippen LogP contribution in [-0.4, -0.2) is 36.3 Å². The fraction of sp³-hybridized carbons (Fsp3) is 0.391. The molecule has 0 bridgehead atoms. The van der Waals surface area contributed by atoms with Crippen molar-refractivity contribution in [1.82, 2.24) is 10.2 Å². The maximum absolute atomic E-state index is 12.7. The fourth-order valence-corrected chi connectivity index (χ4v) is 3.42. The lowest BCUT2D eigenvalue weighted by atomic mass is 10.1. The molecule has 0 radical (unpaired) electrons. The largest absolute Gasteiger partial charge is 0.376 e. The van der Waals surface area contributed by atoms with Crippen molar-refractivity contribution >= 4 is 17.5 Å². The molecule has 0 aromatic heterocycles. The van der Waals surface area contributed by atoms with Gasteiger partial charge in [-0.3, -0.25) is 9.59 Å². The molecule has 0 atom stereocenters. The van der Waals surface area contributed by atoms with Gasteiger partial charge in [0.1, 0.15) is 0 Å². The van der Waals surface area contributed by atoms with E-state index in [2.05, 4.69) is 10.6 Å². The van der Waals surface area contributed by atoms with Crippen LogP contribution in [0.3, 0.4) is 0 Å². The molecule has 0 aliphatic carbocycles. The van der Waals surface area contributed by atoms with Crippen molar-refractivity contribution in [3.8, 4) is 0 Å². The van der Waals surface area contributed by atoms with Crippen LogP contribution in [0, 0.1) is 6.92 Å². The Balaban J connectivity index is 1.57. The average Bonchev–Trinajstić information content (AvgIpc) is 3.01. The van der Waals surface area contributed by atoms with Gasteiger partial charge >= 0.3 is 0 Å². The predicted molar refractivity (Wildman–Crippen MR) is 112 cm³/mol. The molecule has 2 aromatic rings. The quantitative estimate of drug-likeness (QED) is 0.804. The number of carbonyl (C=O) groups is 2. The summed E-state index contributed by atoms with van der Waals surface area (Å²) in [6, 6.07) is 15.4. The fourth-order valence-electron chi connectivity index (χ4n) is 3.42. The van der Waals surface area contributed by atoms with Crippen LogP contribution in [0.1, 0.15) is 47.2 Å². The van der Waals surface area contributed by atoms with Gasteiger partial charge in [-0.25, -0.2) is 0 Å². The van der Waals surface area contributed by atoms with Crippen molar-refractivity contribution in [2.75, 3.05) is 25.0 Å². The lowest BCUT2D eigenvalue weighted by Gasteiger charge is -2.21.